The molecule has 1 saturated carbocycles. The molecule has 2 bridgehead atoms. The Morgan fingerprint density at radius 1 is 1.14 bits per heavy atom. The molecule has 0 spiro atoms. The minimum Gasteiger partial charge on any atom is -0.504 e. The Kier molecular flexibility index (Phi) is 5.09. The second-order valence-corrected chi connectivity index (χ2v) is 9.95. The Morgan fingerprint density at radius 3 is 2.45 bits per heavy atom. The molecule has 2 aliphatic carbocycles. The van der Waals surface area contributed by atoms with Gasteiger partial charge in [-0.15, -0.1) is 0 Å². The first-order chi connectivity index (χ1) is 13.7. The highest BCUT2D eigenvalue weighted by Crippen LogP contribution is 2.57. The first kappa shape index (κ1) is 20.5. The van der Waals surface area contributed by atoms with E-state index in [1.165, 1.54) is 11.1 Å². The number of phenols is 1. The van der Waals surface area contributed by atoms with Crippen LogP contribution in [0, 0.1) is 11.3 Å². The maximum atomic E-state index is 13.5. The molecule has 4 rings (SSSR count). The van der Waals surface area contributed by atoms with Crippen molar-refractivity contribution in [3.05, 3.63) is 23.3 Å². The third-order valence-electron chi connectivity index (χ3n) is 8.54. The van der Waals surface area contributed by atoms with Crippen molar-refractivity contribution in [1.82, 2.24) is 4.90 Å². The molecule has 1 heterocycles. The van der Waals surface area contributed by atoms with Gasteiger partial charge in [-0.05, 0) is 67.2 Å². The van der Waals surface area contributed by atoms with E-state index in [0.717, 1.165) is 45.1 Å². The number of carbonyl (C=O) groups is 1. The van der Waals surface area contributed by atoms with Crippen molar-refractivity contribution in [3.8, 4) is 11.5 Å². The standard InChI is InChI=1S/C24H35NO4/c1-23(2)21-13-16-12-20(29-5)19(26)14-18(16)24(23,3)10-11-25(21)22(27)15-6-8-17(28-4)9-7-15/h12,14-15,17,21,26H,6-11,13H2,1-5H3. The van der Waals surface area contributed by atoms with E-state index in [1.54, 1.807) is 14.2 Å². The molecule has 1 aliphatic heterocycles. The molecule has 1 N–H and O–H groups in total. The Morgan fingerprint density at radius 2 is 1.83 bits per heavy atom. The van der Waals surface area contributed by atoms with Crippen LogP contribution in [0.25, 0.3) is 0 Å². The number of rotatable bonds is 3. The van der Waals surface area contributed by atoms with Crippen molar-refractivity contribution in [2.45, 2.75) is 76.9 Å². The van der Waals surface area contributed by atoms with E-state index in [9.17, 15) is 9.90 Å². The molecule has 5 nitrogen and oxygen atoms in total. The van der Waals surface area contributed by atoms with E-state index in [-0.39, 0.29) is 28.5 Å². The van der Waals surface area contributed by atoms with Crippen LogP contribution in [-0.4, -0.2) is 48.8 Å². The first-order valence-electron chi connectivity index (χ1n) is 11.0. The first-order valence-corrected chi connectivity index (χ1v) is 11.0. The van der Waals surface area contributed by atoms with Crippen LogP contribution in [-0.2, 0) is 21.4 Å². The normalized spacial score (nSPS) is 33.1. The van der Waals surface area contributed by atoms with Crippen molar-refractivity contribution in [3.63, 3.8) is 0 Å². The van der Waals surface area contributed by atoms with E-state index < -0.39 is 0 Å². The summed E-state index contributed by atoms with van der Waals surface area (Å²) in [5.74, 6) is 1.17. The van der Waals surface area contributed by atoms with Crippen LogP contribution in [0.5, 0.6) is 11.5 Å². The minimum atomic E-state index is -0.0838. The zero-order chi connectivity index (χ0) is 21.0. The topological polar surface area (TPSA) is 59.0 Å². The van der Waals surface area contributed by atoms with Gasteiger partial charge in [-0.25, -0.2) is 0 Å². The van der Waals surface area contributed by atoms with Crippen molar-refractivity contribution in [2.24, 2.45) is 11.3 Å². The summed E-state index contributed by atoms with van der Waals surface area (Å²) in [5, 5.41) is 10.4. The molecule has 160 valence electrons. The predicted molar refractivity (Wildman–Crippen MR) is 112 cm³/mol. The number of hydrogen-bond acceptors (Lipinski definition) is 4. The van der Waals surface area contributed by atoms with Gasteiger partial charge in [0.05, 0.1) is 13.2 Å². The highest BCUT2D eigenvalue weighted by atomic mass is 16.5. The van der Waals surface area contributed by atoms with Crippen LogP contribution in [0.2, 0.25) is 0 Å². The fourth-order valence-corrected chi connectivity index (χ4v) is 6.14. The molecule has 2 atom stereocenters. The zero-order valence-electron chi connectivity index (χ0n) is 18.5. The third-order valence-corrected chi connectivity index (χ3v) is 8.54. The van der Waals surface area contributed by atoms with E-state index in [0.29, 0.717) is 17.8 Å². The van der Waals surface area contributed by atoms with Crippen molar-refractivity contribution >= 4 is 5.91 Å². The second-order valence-electron chi connectivity index (χ2n) is 9.95. The van der Waals surface area contributed by atoms with Gasteiger partial charge in [-0.3, -0.25) is 4.79 Å². The smallest absolute Gasteiger partial charge is 0.225 e. The molecule has 2 unspecified atom stereocenters. The number of amides is 1. The SMILES string of the molecule is COc1cc2c(cc1O)C1(C)CCN(C(=O)C3CCC(OC)CC3)C(C2)C1(C)C. The molecule has 1 amide bonds. The van der Waals surface area contributed by atoms with Crippen molar-refractivity contribution in [1.29, 1.82) is 0 Å². The Hall–Kier alpha value is -1.75. The predicted octanol–water partition coefficient (Wildman–Crippen LogP) is 4.05. The molecule has 3 aliphatic rings. The van der Waals surface area contributed by atoms with Crippen LogP contribution in [0.15, 0.2) is 12.1 Å². The average Bonchev–Trinajstić information content (AvgIpc) is 2.71. The van der Waals surface area contributed by atoms with Crippen LogP contribution in [0.3, 0.4) is 0 Å². The Balaban J connectivity index is 1.65. The van der Waals surface area contributed by atoms with E-state index in [1.807, 2.05) is 12.1 Å². The number of aromatic hydroxyl groups is 1. The summed E-state index contributed by atoms with van der Waals surface area (Å²) in [6.45, 7) is 7.68. The molecule has 1 aromatic carbocycles. The summed E-state index contributed by atoms with van der Waals surface area (Å²) in [7, 11) is 3.36. The summed E-state index contributed by atoms with van der Waals surface area (Å²) >= 11 is 0. The molecule has 1 aromatic rings. The molecule has 0 radical (unpaired) electrons. The van der Waals surface area contributed by atoms with E-state index >= 15 is 0 Å². The van der Waals surface area contributed by atoms with Crippen LogP contribution < -0.4 is 4.74 Å². The second kappa shape index (κ2) is 7.19. The maximum absolute atomic E-state index is 13.5. The number of phenolic OH excluding ortho intramolecular Hbond substituents is 1. The van der Waals surface area contributed by atoms with Gasteiger partial charge < -0.3 is 19.5 Å². The van der Waals surface area contributed by atoms with Gasteiger partial charge in [0.1, 0.15) is 0 Å². The number of carbonyl (C=O) groups excluding carboxylic acids is 1. The van der Waals surface area contributed by atoms with Gasteiger partial charge in [-0.2, -0.15) is 0 Å². The molecular formula is C24H35NO4. The lowest BCUT2D eigenvalue weighted by atomic mass is 9.51. The fourth-order valence-electron chi connectivity index (χ4n) is 6.14. The largest absolute Gasteiger partial charge is 0.504 e. The minimum absolute atomic E-state index is 0.0708. The highest BCUT2D eigenvalue weighted by molar-refractivity contribution is 5.80. The molecule has 5 heteroatoms. The number of nitrogens with zero attached hydrogens (tertiary/aromatic N) is 1. The number of hydrogen-bond donors (Lipinski definition) is 1. The zero-order valence-corrected chi connectivity index (χ0v) is 18.5. The summed E-state index contributed by atoms with van der Waals surface area (Å²) < 4.78 is 10.9. The number of likely N-dealkylation sites (tertiary alicyclic amines) is 1. The monoisotopic (exact) mass is 401 g/mol. The van der Waals surface area contributed by atoms with Gasteiger partial charge in [0.2, 0.25) is 5.91 Å². The number of ether oxygens (including phenoxy) is 2. The Labute approximate surface area is 174 Å². The summed E-state index contributed by atoms with van der Waals surface area (Å²) in [6.07, 6.45) is 5.84. The molecule has 1 saturated heterocycles. The van der Waals surface area contributed by atoms with Crippen molar-refractivity contribution in [2.75, 3.05) is 20.8 Å². The van der Waals surface area contributed by atoms with Crippen LogP contribution in [0.1, 0.15) is 64.0 Å². The lowest BCUT2D eigenvalue weighted by Gasteiger charge is -2.61. The Bertz CT molecular complexity index is 796. The highest BCUT2D eigenvalue weighted by Gasteiger charge is 2.57. The fraction of sp³-hybridized carbons (Fsp3) is 0.708. The summed E-state index contributed by atoms with van der Waals surface area (Å²) in [5.41, 5.74) is 2.26. The molecular weight excluding hydrogens is 366 g/mol. The molecule has 0 aromatic heterocycles. The van der Waals surface area contributed by atoms with Gasteiger partial charge in [0, 0.05) is 31.0 Å². The van der Waals surface area contributed by atoms with Gasteiger partial charge in [0.25, 0.3) is 0 Å². The van der Waals surface area contributed by atoms with Gasteiger partial charge >= 0.3 is 0 Å². The van der Waals surface area contributed by atoms with Crippen LogP contribution >= 0.6 is 0 Å². The number of fused-ring (bicyclic) bond motifs is 4. The van der Waals surface area contributed by atoms with Crippen LogP contribution in [0.4, 0.5) is 0 Å². The van der Waals surface area contributed by atoms with E-state index in [4.69, 9.17) is 9.47 Å². The third kappa shape index (κ3) is 3.04. The van der Waals surface area contributed by atoms with Gasteiger partial charge in [-0.1, -0.05) is 20.8 Å². The van der Waals surface area contributed by atoms with E-state index in [2.05, 4.69) is 25.7 Å². The molecule has 2 fully saturated rings. The summed E-state index contributed by atoms with van der Waals surface area (Å²) in [6, 6.07) is 4.04. The molecule has 29 heavy (non-hydrogen) atoms. The maximum Gasteiger partial charge on any atom is 0.225 e. The quantitative estimate of drug-likeness (QED) is 0.830. The number of piperidine rings is 1. The average molecular weight is 402 g/mol. The summed E-state index contributed by atoms with van der Waals surface area (Å²) in [4.78, 5) is 15.7. The number of methoxy groups -OCH3 is 2. The lowest BCUT2D eigenvalue weighted by molar-refractivity contribution is -0.150. The van der Waals surface area contributed by atoms with Crippen molar-refractivity contribution < 1.29 is 19.4 Å². The number of benzene rings is 1. The lowest BCUT2D eigenvalue weighted by Crippen LogP contribution is -2.65. The van der Waals surface area contributed by atoms with Gasteiger partial charge in [0.15, 0.2) is 11.5 Å².